The van der Waals surface area contributed by atoms with Gasteiger partial charge >= 0.3 is 0 Å². The number of hydrogen-bond acceptors (Lipinski definition) is 4. The lowest BCUT2D eigenvalue weighted by molar-refractivity contribution is 0.552. The van der Waals surface area contributed by atoms with Crippen molar-refractivity contribution in [3.05, 3.63) is 18.3 Å². The highest BCUT2D eigenvalue weighted by molar-refractivity contribution is 7.89. The van der Waals surface area contributed by atoms with Crippen molar-refractivity contribution in [1.82, 2.24) is 9.71 Å². The fraction of sp³-hybridized carbons (Fsp3) is 0.615. The molecule has 1 aliphatic rings. The van der Waals surface area contributed by atoms with E-state index in [1.807, 2.05) is 0 Å². The summed E-state index contributed by atoms with van der Waals surface area (Å²) in [5.41, 5.74) is 0. The van der Waals surface area contributed by atoms with Gasteiger partial charge in [-0.25, -0.2) is 18.1 Å². The molecular formula is C13H21N3O2S. The topological polar surface area (TPSA) is 71.1 Å². The highest BCUT2D eigenvalue weighted by Gasteiger charge is 2.22. The number of pyridine rings is 1. The van der Waals surface area contributed by atoms with Gasteiger partial charge in [-0.3, -0.25) is 0 Å². The maximum absolute atomic E-state index is 12.1. The maximum atomic E-state index is 12.1. The molecule has 0 radical (unpaired) electrons. The normalized spacial score (nSPS) is 16.7. The lowest BCUT2D eigenvalue weighted by Crippen LogP contribution is -2.32. The van der Waals surface area contributed by atoms with Crippen molar-refractivity contribution in [2.45, 2.75) is 50.0 Å². The average Bonchev–Trinajstić information content (AvgIpc) is 2.89. The molecule has 1 aromatic rings. The predicted molar refractivity (Wildman–Crippen MR) is 75.6 cm³/mol. The molecule has 0 atom stereocenters. The zero-order valence-electron chi connectivity index (χ0n) is 11.2. The van der Waals surface area contributed by atoms with E-state index in [2.05, 4.69) is 21.9 Å². The van der Waals surface area contributed by atoms with Crippen LogP contribution in [0.15, 0.2) is 23.2 Å². The van der Waals surface area contributed by atoms with Crippen LogP contribution >= 0.6 is 0 Å². The summed E-state index contributed by atoms with van der Waals surface area (Å²) in [6.45, 7) is 2.90. The van der Waals surface area contributed by atoms with Crippen molar-refractivity contribution >= 4 is 15.8 Å². The highest BCUT2D eigenvalue weighted by Crippen LogP contribution is 2.20. The molecule has 1 aromatic heterocycles. The molecule has 1 aliphatic carbocycles. The average molecular weight is 283 g/mol. The predicted octanol–water partition coefficient (Wildman–Crippen LogP) is 2.12. The number of anilines is 1. The Kier molecular flexibility index (Phi) is 4.76. The van der Waals surface area contributed by atoms with Crippen LogP contribution in [0.1, 0.15) is 39.0 Å². The van der Waals surface area contributed by atoms with E-state index < -0.39 is 10.0 Å². The largest absolute Gasteiger partial charge is 0.370 e. The second-order valence-electron chi connectivity index (χ2n) is 4.91. The third-order valence-electron chi connectivity index (χ3n) is 3.28. The zero-order chi connectivity index (χ0) is 13.7. The monoisotopic (exact) mass is 283 g/mol. The van der Waals surface area contributed by atoms with Crippen molar-refractivity contribution in [3.63, 3.8) is 0 Å². The maximum Gasteiger partial charge on any atom is 0.242 e. The standard InChI is InChI=1S/C13H21N3O2S/c1-2-9-14-13-8-7-12(10-15-13)19(17,18)16-11-5-3-4-6-11/h7-8,10-11,16H,2-6,9H2,1H3,(H,14,15). The van der Waals surface area contributed by atoms with Gasteiger partial charge in [-0.15, -0.1) is 0 Å². The van der Waals surface area contributed by atoms with Gasteiger partial charge in [0, 0.05) is 18.8 Å². The van der Waals surface area contributed by atoms with Gasteiger partial charge in [-0.05, 0) is 31.4 Å². The molecule has 0 amide bonds. The van der Waals surface area contributed by atoms with Gasteiger partial charge in [0.15, 0.2) is 0 Å². The van der Waals surface area contributed by atoms with Gasteiger partial charge in [0.1, 0.15) is 10.7 Å². The molecule has 19 heavy (non-hydrogen) atoms. The second kappa shape index (κ2) is 6.34. The van der Waals surface area contributed by atoms with Crippen LogP contribution in [-0.2, 0) is 10.0 Å². The first-order valence-electron chi connectivity index (χ1n) is 6.84. The van der Waals surface area contributed by atoms with E-state index in [0.717, 1.165) is 38.6 Å². The molecule has 0 aliphatic heterocycles. The molecule has 0 unspecified atom stereocenters. The summed E-state index contributed by atoms with van der Waals surface area (Å²) in [7, 11) is -3.42. The quantitative estimate of drug-likeness (QED) is 0.839. The van der Waals surface area contributed by atoms with Gasteiger partial charge in [0.05, 0.1) is 0 Å². The minimum atomic E-state index is -3.42. The summed E-state index contributed by atoms with van der Waals surface area (Å²) in [5.74, 6) is 0.710. The van der Waals surface area contributed by atoms with Gasteiger partial charge in [0.25, 0.3) is 0 Å². The Morgan fingerprint density at radius 1 is 1.32 bits per heavy atom. The van der Waals surface area contributed by atoms with Gasteiger partial charge < -0.3 is 5.32 Å². The van der Waals surface area contributed by atoms with E-state index in [4.69, 9.17) is 0 Å². The molecule has 1 saturated carbocycles. The first-order chi connectivity index (χ1) is 9.12. The minimum Gasteiger partial charge on any atom is -0.370 e. The van der Waals surface area contributed by atoms with Crippen molar-refractivity contribution < 1.29 is 8.42 Å². The van der Waals surface area contributed by atoms with Crippen LogP contribution in [0.5, 0.6) is 0 Å². The van der Waals surface area contributed by atoms with E-state index in [-0.39, 0.29) is 10.9 Å². The van der Waals surface area contributed by atoms with Crippen LogP contribution in [0.4, 0.5) is 5.82 Å². The molecule has 6 heteroatoms. The second-order valence-corrected chi connectivity index (χ2v) is 6.62. The fourth-order valence-electron chi connectivity index (χ4n) is 2.23. The van der Waals surface area contributed by atoms with Crippen molar-refractivity contribution in [3.8, 4) is 0 Å². The number of nitrogens with one attached hydrogen (secondary N) is 2. The summed E-state index contributed by atoms with van der Waals surface area (Å²) >= 11 is 0. The lowest BCUT2D eigenvalue weighted by Gasteiger charge is -2.12. The summed E-state index contributed by atoms with van der Waals surface area (Å²) in [5, 5.41) is 3.12. The summed E-state index contributed by atoms with van der Waals surface area (Å²) < 4.78 is 27.0. The number of aromatic nitrogens is 1. The van der Waals surface area contributed by atoms with Gasteiger partial charge in [-0.2, -0.15) is 0 Å². The number of sulfonamides is 1. The smallest absolute Gasteiger partial charge is 0.242 e. The first-order valence-corrected chi connectivity index (χ1v) is 8.32. The fourth-order valence-corrected chi connectivity index (χ4v) is 3.48. The van der Waals surface area contributed by atoms with Crippen molar-refractivity contribution in [1.29, 1.82) is 0 Å². The Balaban J connectivity index is 2.03. The molecular weight excluding hydrogens is 262 g/mol. The molecule has 0 aromatic carbocycles. The van der Waals surface area contributed by atoms with Crippen molar-refractivity contribution in [2.75, 3.05) is 11.9 Å². The molecule has 2 N–H and O–H groups in total. The molecule has 0 spiro atoms. The van der Waals surface area contributed by atoms with Crippen LogP contribution in [0.2, 0.25) is 0 Å². The van der Waals surface area contributed by atoms with Crippen LogP contribution in [0, 0.1) is 0 Å². The van der Waals surface area contributed by atoms with Crippen molar-refractivity contribution in [2.24, 2.45) is 0 Å². The Morgan fingerprint density at radius 3 is 2.63 bits per heavy atom. The minimum absolute atomic E-state index is 0.0860. The van der Waals surface area contributed by atoms with Crippen LogP contribution < -0.4 is 10.0 Å². The lowest BCUT2D eigenvalue weighted by atomic mass is 10.3. The van der Waals surface area contributed by atoms with Gasteiger partial charge in [0.2, 0.25) is 10.0 Å². The van der Waals surface area contributed by atoms with E-state index >= 15 is 0 Å². The molecule has 2 rings (SSSR count). The van der Waals surface area contributed by atoms with Crippen LogP contribution in [0.25, 0.3) is 0 Å². The van der Waals surface area contributed by atoms with E-state index in [9.17, 15) is 8.42 Å². The Labute approximate surface area is 114 Å². The van der Waals surface area contributed by atoms with Crippen LogP contribution in [0.3, 0.4) is 0 Å². The first kappa shape index (κ1) is 14.3. The third kappa shape index (κ3) is 3.91. The SMILES string of the molecule is CCCNc1ccc(S(=O)(=O)NC2CCCC2)cn1. The zero-order valence-corrected chi connectivity index (χ0v) is 12.0. The Morgan fingerprint density at radius 2 is 2.05 bits per heavy atom. The molecule has 0 saturated heterocycles. The van der Waals surface area contributed by atoms with E-state index in [0.29, 0.717) is 5.82 Å². The number of hydrogen-bond donors (Lipinski definition) is 2. The molecule has 1 fully saturated rings. The van der Waals surface area contributed by atoms with Crippen LogP contribution in [-0.4, -0.2) is 26.0 Å². The molecule has 5 nitrogen and oxygen atoms in total. The molecule has 1 heterocycles. The third-order valence-corrected chi connectivity index (χ3v) is 4.79. The number of nitrogens with zero attached hydrogens (tertiary/aromatic N) is 1. The Hall–Kier alpha value is -1.14. The highest BCUT2D eigenvalue weighted by atomic mass is 32.2. The van der Waals surface area contributed by atoms with E-state index in [1.165, 1.54) is 6.20 Å². The summed E-state index contributed by atoms with van der Waals surface area (Å²) in [6.07, 6.45) is 6.49. The van der Waals surface area contributed by atoms with Gasteiger partial charge in [-0.1, -0.05) is 19.8 Å². The number of rotatable bonds is 6. The summed E-state index contributed by atoms with van der Waals surface area (Å²) in [6, 6.07) is 3.39. The van der Waals surface area contributed by atoms with E-state index in [1.54, 1.807) is 12.1 Å². The molecule has 0 bridgehead atoms. The Bertz CT molecular complexity index is 493. The summed E-state index contributed by atoms with van der Waals surface area (Å²) in [4.78, 5) is 4.36. The molecule has 106 valence electrons.